The number of para-hydroxylation sites is 1. The molecule has 8 heteroatoms. The molecule has 8 nitrogen and oxygen atoms in total. The molecule has 3 aromatic carbocycles. The Hall–Kier alpha value is -5.24. The van der Waals surface area contributed by atoms with Crippen molar-refractivity contribution in [1.82, 2.24) is 9.88 Å². The van der Waals surface area contributed by atoms with Crippen LogP contribution in [0.1, 0.15) is 43.6 Å². The van der Waals surface area contributed by atoms with E-state index in [1.807, 2.05) is 65.7 Å². The van der Waals surface area contributed by atoms with Gasteiger partial charge in [-0.05, 0) is 59.2 Å². The summed E-state index contributed by atoms with van der Waals surface area (Å²) in [6.07, 6.45) is 5.33. The van der Waals surface area contributed by atoms with Gasteiger partial charge in [-0.1, -0.05) is 48.5 Å². The molecule has 208 valence electrons. The number of aromatic nitrogens is 1. The molecule has 4 heterocycles. The fourth-order valence-electron chi connectivity index (χ4n) is 7.00. The van der Waals surface area contributed by atoms with Crippen LogP contribution in [-0.2, 0) is 10.2 Å². The second kappa shape index (κ2) is 9.69. The lowest BCUT2D eigenvalue weighted by atomic mass is 9.62. The maximum absolute atomic E-state index is 14.9. The number of Topliss-reactive ketones (excluding diaryl/α,β-unsaturated/α-hetero) is 2. The highest BCUT2D eigenvalue weighted by Crippen LogP contribution is 2.62. The molecule has 0 aliphatic carbocycles. The number of carbonyl (C=O) groups excluding carboxylic acids is 3. The van der Waals surface area contributed by atoms with E-state index in [9.17, 15) is 14.4 Å². The number of nitrogens with zero attached hydrogens (tertiary/aromatic N) is 2. The zero-order chi connectivity index (χ0) is 29.0. The normalized spacial score (nSPS) is 23.1. The fraction of sp³-hybridized carbons (Fsp3) is 0.176. The van der Waals surface area contributed by atoms with Crippen LogP contribution in [0.25, 0.3) is 6.08 Å². The van der Waals surface area contributed by atoms with Crippen LogP contribution in [0.5, 0.6) is 11.5 Å². The molecule has 0 unspecified atom stereocenters. The highest BCUT2D eigenvalue weighted by molar-refractivity contribution is 6.16. The first-order valence-electron chi connectivity index (χ1n) is 13.7. The van der Waals surface area contributed by atoms with Gasteiger partial charge in [0.15, 0.2) is 17.3 Å². The number of ether oxygens (including phenoxy) is 2. The van der Waals surface area contributed by atoms with E-state index in [4.69, 9.17) is 9.47 Å². The van der Waals surface area contributed by atoms with Gasteiger partial charge in [-0.2, -0.15) is 0 Å². The second-order valence-corrected chi connectivity index (χ2v) is 10.6. The van der Waals surface area contributed by atoms with E-state index < -0.39 is 23.4 Å². The Morgan fingerprint density at radius 3 is 2.43 bits per heavy atom. The lowest BCUT2D eigenvalue weighted by Crippen LogP contribution is -2.49. The molecule has 1 fully saturated rings. The van der Waals surface area contributed by atoms with E-state index in [1.165, 1.54) is 14.2 Å². The van der Waals surface area contributed by atoms with Gasteiger partial charge in [0.05, 0.1) is 26.2 Å². The van der Waals surface area contributed by atoms with Crippen LogP contribution in [0, 0.1) is 5.92 Å². The number of rotatable bonds is 6. The van der Waals surface area contributed by atoms with Crippen molar-refractivity contribution in [3.05, 3.63) is 125 Å². The summed E-state index contributed by atoms with van der Waals surface area (Å²) in [6.45, 7) is 0. The van der Waals surface area contributed by atoms with Crippen molar-refractivity contribution in [1.29, 1.82) is 0 Å². The maximum Gasteiger partial charge on any atom is 0.238 e. The predicted octanol–water partition coefficient (Wildman–Crippen LogP) is 5.08. The molecule has 1 spiro atoms. The molecule has 1 aromatic heterocycles. The number of nitrogens with one attached hydrogen (secondary N) is 1. The fourth-order valence-corrected chi connectivity index (χ4v) is 7.00. The molecule has 4 aromatic rings. The summed E-state index contributed by atoms with van der Waals surface area (Å²) in [5.41, 5.74) is 2.23. The van der Waals surface area contributed by atoms with Gasteiger partial charge in [0.25, 0.3) is 0 Å². The summed E-state index contributed by atoms with van der Waals surface area (Å²) in [4.78, 5) is 50.2. The summed E-state index contributed by atoms with van der Waals surface area (Å²) in [7, 11) is 3.02. The number of methoxy groups -OCH3 is 2. The first kappa shape index (κ1) is 25.7. The summed E-state index contributed by atoms with van der Waals surface area (Å²) in [5, 5.41) is 3.06. The Morgan fingerprint density at radius 1 is 0.881 bits per heavy atom. The largest absolute Gasteiger partial charge is 0.493 e. The van der Waals surface area contributed by atoms with Crippen LogP contribution in [0.2, 0.25) is 0 Å². The number of benzene rings is 3. The van der Waals surface area contributed by atoms with Crippen molar-refractivity contribution in [3.63, 3.8) is 0 Å². The van der Waals surface area contributed by atoms with Crippen molar-refractivity contribution in [2.24, 2.45) is 5.92 Å². The number of hydrogen-bond acceptors (Lipinski definition) is 7. The highest BCUT2D eigenvalue weighted by Gasteiger charge is 2.70. The Bertz CT molecular complexity index is 1790. The highest BCUT2D eigenvalue weighted by atomic mass is 16.5. The third kappa shape index (κ3) is 3.48. The predicted molar refractivity (Wildman–Crippen MR) is 157 cm³/mol. The first-order chi connectivity index (χ1) is 20.5. The monoisotopic (exact) mass is 557 g/mol. The van der Waals surface area contributed by atoms with Gasteiger partial charge in [0.2, 0.25) is 11.7 Å². The minimum absolute atomic E-state index is 0.224. The van der Waals surface area contributed by atoms with Crippen LogP contribution in [0.4, 0.5) is 5.69 Å². The van der Waals surface area contributed by atoms with Crippen molar-refractivity contribution in [2.45, 2.75) is 17.5 Å². The molecule has 1 saturated heterocycles. The van der Waals surface area contributed by atoms with E-state index in [1.54, 1.807) is 42.6 Å². The minimum atomic E-state index is -1.42. The standard InChI is InChI=1S/C34H27N3O5/c1-41-26-15-14-21(19-27(26)42-2)30(38)28-29(31(39)25-13-7-8-17-35-25)37-18-16-20-9-3-4-10-22(20)32(37)34(28)23-11-5-6-12-24(23)36-33(34)40/h3-19,28-29,32H,1-2H3,(H,36,40)/t28-,29-,32+,34+/m0/s1. The van der Waals surface area contributed by atoms with Gasteiger partial charge in [-0.25, -0.2) is 0 Å². The Morgan fingerprint density at radius 2 is 1.64 bits per heavy atom. The van der Waals surface area contributed by atoms with Crippen LogP contribution in [0.15, 0.2) is 97.3 Å². The van der Waals surface area contributed by atoms with E-state index in [-0.39, 0.29) is 23.2 Å². The molecular formula is C34H27N3O5. The van der Waals surface area contributed by atoms with Gasteiger partial charge in [-0.15, -0.1) is 0 Å². The number of hydrogen-bond donors (Lipinski definition) is 1. The zero-order valence-corrected chi connectivity index (χ0v) is 23.0. The van der Waals surface area contributed by atoms with E-state index in [2.05, 4.69) is 10.3 Å². The Labute approximate surface area is 242 Å². The first-order valence-corrected chi connectivity index (χ1v) is 13.7. The van der Waals surface area contributed by atoms with E-state index in [0.29, 0.717) is 28.3 Å². The molecule has 0 radical (unpaired) electrons. The van der Waals surface area contributed by atoms with Gasteiger partial charge >= 0.3 is 0 Å². The molecule has 1 N–H and O–H groups in total. The van der Waals surface area contributed by atoms with E-state index in [0.717, 1.165) is 11.1 Å². The second-order valence-electron chi connectivity index (χ2n) is 10.6. The van der Waals surface area contributed by atoms with Crippen molar-refractivity contribution < 1.29 is 23.9 Å². The summed E-state index contributed by atoms with van der Waals surface area (Å²) in [5.74, 6) is -1.26. The Balaban J connectivity index is 1.53. The van der Waals surface area contributed by atoms with Gasteiger partial charge in [0, 0.05) is 23.6 Å². The topological polar surface area (TPSA) is 97.8 Å². The lowest BCUT2D eigenvalue weighted by molar-refractivity contribution is -0.122. The molecule has 0 bridgehead atoms. The maximum atomic E-state index is 14.9. The number of anilines is 1. The molecule has 3 aliphatic heterocycles. The van der Waals surface area contributed by atoms with Gasteiger partial charge in [0.1, 0.15) is 17.2 Å². The average molecular weight is 558 g/mol. The van der Waals surface area contributed by atoms with Gasteiger partial charge < -0.3 is 19.7 Å². The number of ketones is 2. The van der Waals surface area contributed by atoms with Crippen molar-refractivity contribution >= 4 is 29.2 Å². The minimum Gasteiger partial charge on any atom is -0.493 e. The third-order valence-electron chi connectivity index (χ3n) is 8.71. The molecule has 3 aliphatic rings. The zero-order valence-electron chi connectivity index (χ0n) is 23.0. The molecule has 42 heavy (non-hydrogen) atoms. The molecule has 0 saturated carbocycles. The number of fused-ring (bicyclic) bond motifs is 6. The summed E-state index contributed by atoms with van der Waals surface area (Å²) >= 11 is 0. The van der Waals surface area contributed by atoms with Crippen molar-refractivity contribution in [2.75, 3.05) is 19.5 Å². The molecule has 4 atom stereocenters. The van der Waals surface area contributed by atoms with Crippen LogP contribution < -0.4 is 14.8 Å². The summed E-state index contributed by atoms with van der Waals surface area (Å²) in [6, 6.07) is 23.6. The average Bonchev–Trinajstić information content (AvgIpc) is 3.52. The lowest BCUT2D eigenvalue weighted by Gasteiger charge is -2.38. The third-order valence-corrected chi connectivity index (χ3v) is 8.71. The number of pyridine rings is 1. The van der Waals surface area contributed by atoms with Crippen LogP contribution in [0.3, 0.4) is 0 Å². The Kier molecular flexibility index (Phi) is 5.93. The number of amides is 1. The number of carbonyl (C=O) groups is 3. The molecular weight excluding hydrogens is 530 g/mol. The SMILES string of the molecule is COc1ccc(C(=O)[C@@H]2[C@@H](C(=O)c3ccccn3)N3C=Cc4ccccc4[C@@H]3[C@]23C(=O)Nc2ccccc23)cc1OC. The molecule has 1 amide bonds. The summed E-state index contributed by atoms with van der Waals surface area (Å²) < 4.78 is 10.9. The smallest absolute Gasteiger partial charge is 0.238 e. The van der Waals surface area contributed by atoms with Crippen LogP contribution >= 0.6 is 0 Å². The molecule has 7 rings (SSSR count). The van der Waals surface area contributed by atoms with E-state index >= 15 is 0 Å². The van der Waals surface area contributed by atoms with Crippen molar-refractivity contribution in [3.8, 4) is 11.5 Å². The van der Waals surface area contributed by atoms with Crippen LogP contribution in [-0.4, -0.2) is 47.6 Å². The van der Waals surface area contributed by atoms with Gasteiger partial charge in [-0.3, -0.25) is 19.4 Å². The quantitative estimate of drug-likeness (QED) is 0.330.